The highest BCUT2D eigenvalue weighted by Crippen LogP contribution is 2.33. The highest BCUT2D eigenvalue weighted by Gasteiger charge is 2.34. The fourth-order valence-electron chi connectivity index (χ4n) is 3.18. The van der Waals surface area contributed by atoms with Crippen LogP contribution in [0.3, 0.4) is 0 Å². The number of carbonyl (C=O) groups is 1. The Balaban J connectivity index is 1.90. The van der Waals surface area contributed by atoms with E-state index >= 15 is 0 Å². The van der Waals surface area contributed by atoms with Crippen molar-refractivity contribution >= 4 is 57.2 Å². The highest BCUT2D eigenvalue weighted by molar-refractivity contribution is 6.68. The smallest absolute Gasteiger partial charge is 0.228 e. The van der Waals surface area contributed by atoms with Gasteiger partial charge in [-0.2, -0.15) is 0 Å². The molecule has 0 aliphatic rings. The van der Waals surface area contributed by atoms with Crippen LogP contribution in [0.5, 0.6) is 0 Å². The van der Waals surface area contributed by atoms with Crippen LogP contribution in [0.1, 0.15) is 58.3 Å². The van der Waals surface area contributed by atoms with Crippen molar-refractivity contribution in [2.45, 2.75) is 68.2 Å². The molecule has 0 aliphatic heterocycles. The van der Waals surface area contributed by atoms with E-state index in [1.807, 2.05) is 42.5 Å². The van der Waals surface area contributed by atoms with E-state index in [0.29, 0.717) is 6.42 Å². The first-order valence-electron chi connectivity index (χ1n) is 10.0. The Hall–Kier alpha value is -1.16. The minimum atomic E-state index is -1.67. The lowest BCUT2D eigenvalue weighted by molar-refractivity contribution is -0.121. The topological polar surface area (TPSA) is 41.1 Å². The van der Waals surface area contributed by atoms with Gasteiger partial charge in [0.15, 0.2) is 0 Å². The van der Waals surface area contributed by atoms with Crippen LogP contribution in [-0.4, -0.2) is 15.9 Å². The Morgan fingerprint density at radius 2 is 1.57 bits per heavy atom. The van der Waals surface area contributed by atoms with Crippen molar-refractivity contribution in [3.63, 3.8) is 0 Å². The summed E-state index contributed by atoms with van der Waals surface area (Å²) in [4.78, 5) is 12.4. The number of carbonyl (C=O) groups excluding carboxylic acids is 1. The first-order valence-corrected chi connectivity index (χ1v) is 11.2. The van der Waals surface area contributed by atoms with Gasteiger partial charge in [-0.25, -0.2) is 0 Å². The van der Waals surface area contributed by atoms with E-state index in [1.165, 1.54) is 25.7 Å². The molecule has 1 amide bonds. The Bertz CT molecular complexity index is 741. The van der Waals surface area contributed by atoms with Crippen LogP contribution in [0, 0.1) is 0 Å². The highest BCUT2D eigenvalue weighted by atomic mass is 35.6. The molecule has 1 atom stereocenters. The molecule has 0 radical (unpaired) electrons. The zero-order valence-corrected chi connectivity index (χ0v) is 18.6. The normalized spacial score (nSPS) is 12.7. The molecule has 0 unspecified atom stereocenters. The standard InChI is InChI=1S/C22H29Cl3N2O/c1-2-3-4-5-6-7-8-16-20(28)27-21(22(23,24)25)26-19-15-11-13-17-12-9-10-14-18(17)19/h9-15,21,26H,2-8,16H2,1H3,(H,27,28)/t21-/m1/s1. The van der Waals surface area contributed by atoms with Crippen molar-refractivity contribution in [1.29, 1.82) is 0 Å². The van der Waals surface area contributed by atoms with Crippen molar-refractivity contribution in [2.75, 3.05) is 5.32 Å². The number of rotatable bonds is 11. The summed E-state index contributed by atoms with van der Waals surface area (Å²) in [7, 11) is 0. The van der Waals surface area contributed by atoms with Gasteiger partial charge in [0.25, 0.3) is 0 Å². The number of amides is 1. The van der Waals surface area contributed by atoms with Gasteiger partial charge in [0.05, 0.1) is 0 Å². The molecule has 2 N–H and O–H groups in total. The molecular weight excluding hydrogens is 415 g/mol. The number of unbranched alkanes of at least 4 members (excludes halogenated alkanes) is 6. The first kappa shape index (κ1) is 23.1. The minimum absolute atomic E-state index is 0.113. The zero-order valence-electron chi connectivity index (χ0n) is 16.3. The Labute approximate surface area is 183 Å². The number of nitrogens with one attached hydrogen (secondary N) is 2. The summed E-state index contributed by atoms with van der Waals surface area (Å²) in [6.07, 6.45) is 7.70. The summed E-state index contributed by atoms with van der Waals surface area (Å²) in [6, 6.07) is 13.8. The summed E-state index contributed by atoms with van der Waals surface area (Å²) >= 11 is 18.4. The molecular formula is C22H29Cl3N2O. The average Bonchev–Trinajstić information content (AvgIpc) is 2.66. The van der Waals surface area contributed by atoms with Gasteiger partial charge in [0, 0.05) is 17.5 Å². The van der Waals surface area contributed by atoms with Gasteiger partial charge in [-0.3, -0.25) is 4.79 Å². The van der Waals surface area contributed by atoms with Gasteiger partial charge in [-0.1, -0.05) is 117 Å². The van der Waals surface area contributed by atoms with E-state index in [2.05, 4.69) is 17.6 Å². The van der Waals surface area contributed by atoms with Crippen LogP contribution < -0.4 is 10.6 Å². The molecule has 0 heterocycles. The zero-order chi connectivity index (χ0) is 20.4. The van der Waals surface area contributed by atoms with Gasteiger partial charge in [0.1, 0.15) is 6.17 Å². The number of alkyl halides is 3. The summed E-state index contributed by atoms with van der Waals surface area (Å²) in [5.41, 5.74) is 0.811. The van der Waals surface area contributed by atoms with Gasteiger partial charge in [-0.15, -0.1) is 0 Å². The maximum absolute atomic E-state index is 12.4. The Morgan fingerprint density at radius 1 is 0.929 bits per heavy atom. The van der Waals surface area contributed by atoms with Crippen molar-refractivity contribution < 1.29 is 4.79 Å². The maximum atomic E-state index is 12.4. The third-order valence-corrected chi connectivity index (χ3v) is 5.38. The number of halogens is 3. The lowest BCUT2D eigenvalue weighted by atomic mass is 10.1. The molecule has 28 heavy (non-hydrogen) atoms. The number of fused-ring (bicyclic) bond motifs is 1. The lowest BCUT2D eigenvalue weighted by Gasteiger charge is -2.28. The third-order valence-electron chi connectivity index (χ3n) is 4.73. The largest absolute Gasteiger partial charge is 0.361 e. The van der Waals surface area contributed by atoms with E-state index in [0.717, 1.165) is 35.7 Å². The van der Waals surface area contributed by atoms with Crippen molar-refractivity contribution in [3.05, 3.63) is 42.5 Å². The molecule has 3 nitrogen and oxygen atoms in total. The second kappa shape index (κ2) is 11.7. The predicted octanol–water partition coefficient (Wildman–Crippen LogP) is 7.20. The van der Waals surface area contributed by atoms with Crippen LogP contribution in [0.4, 0.5) is 5.69 Å². The van der Waals surface area contributed by atoms with Gasteiger partial charge >= 0.3 is 0 Å². The molecule has 0 aliphatic carbocycles. The summed E-state index contributed by atoms with van der Waals surface area (Å²) in [5.74, 6) is -0.113. The van der Waals surface area contributed by atoms with Crippen LogP contribution in [0.15, 0.2) is 42.5 Å². The molecule has 2 rings (SSSR count). The summed E-state index contributed by atoms with van der Waals surface area (Å²) < 4.78 is -1.67. The fraction of sp³-hybridized carbons (Fsp3) is 0.500. The molecule has 2 aromatic carbocycles. The SMILES string of the molecule is CCCCCCCCCC(=O)N[C@@H](Nc1cccc2ccccc12)C(Cl)(Cl)Cl. The van der Waals surface area contributed by atoms with E-state index in [-0.39, 0.29) is 5.91 Å². The van der Waals surface area contributed by atoms with Gasteiger partial charge in [0.2, 0.25) is 9.70 Å². The minimum Gasteiger partial charge on any atom is -0.361 e. The number of hydrogen-bond donors (Lipinski definition) is 2. The van der Waals surface area contributed by atoms with Crippen molar-refractivity contribution in [1.82, 2.24) is 5.32 Å². The monoisotopic (exact) mass is 442 g/mol. The molecule has 0 saturated heterocycles. The van der Waals surface area contributed by atoms with E-state index in [9.17, 15) is 4.79 Å². The average molecular weight is 444 g/mol. The first-order chi connectivity index (χ1) is 13.4. The molecule has 0 bridgehead atoms. The molecule has 0 spiro atoms. The molecule has 0 aromatic heterocycles. The quantitative estimate of drug-likeness (QED) is 0.219. The van der Waals surface area contributed by atoms with Crippen molar-refractivity contribution in [3.8, 4) is 0 Å². The van der Waals surface area contributed by atoms with Crippen LogP contribution in [-0.2, 0) is 4.79 Å². The van der Waals surface area contributed by atoms with E-state index in [4.69, 9.17) is 34.8 Å². The molecule has 6 heteroatoms. The predicted molar refractivity (Wildman–Crippen MR) is 122 cm³/mol. The van der Waals surface area contributed by atoms with Crippen LogP contribution in [0.2, 0.25) is 0 Å². The Morgan fingerprint density at radius 3 is 2.29 bits per heavy atom. The van der Waals surface area contributed by atoms with Gasteiger partial charge < -0.3 is 10.6 Å². The summed E-state index contributed by atoms with van der Waals surface area (Å²) in [6.45, 7) is 2.21. The van der Waals surface area contributed by atoms with Crippen molar-refractivity contribution in [2.24, 2.45) is 0 Å². The molecule has 0 fully saturated rings. The number of anilines is 1. The maximum Gasteiger partial charge on any atom is 0.228 e. The summed E-state index contributed by atoms with van der Waals surface area (Å²) in [5, 5.41) is 8.10. The molecule has 0 saturated carbocycles. The molecule has 154 valence electrons. The second-order valence-electron chi connectivity index (χ2n) is 7.08. The van der Waals surface area contributed by atoms with E-state index in [1.54, 1.807) is 0 Å². The third kappa shape index (κ3) is 7.69. The lowest BCUT2D eigenvalue weighted by Crippen LogP contribution is -2.49. The Kier molecular flexibility index (Phi) is 9.70. The number of hydrogen-bond acceptors (Lipinski definition) is 2. The fourth-order valence-corrected chi connectivity index (χ4v) is 3.51. The van der Waals surface area contributed by atoms with Gasteiger partial charge in [-0.05, 0) is 17.9 Å². The van der Waals surface area contributed by atoms with E-state index < -0.39 is 9.96 Å². The molecule has 2 aromatic rings. The number of benzene rings is 2. The van der Waals surface area contributed by atoms with Crippen LogP contribution >= 0.6 is 34.8 Å². The van der Waals surface area contributed by atoms with Crippen LogP contribution in [0.25, 0.3) is 10.8 Å². The second-order valence-corrected chi connectivity index (χ2v) is 9.45.